The molecule has 0 spiro atoms. The van der Waals surface area contributed by atoms with E-state index in [2.05, 4.69) is 186 Å². The molecule has 7 aromatic carbocycles. The van der Waals surface area contributed by atoms with Gasteiger partial charge in [0.25, 0.3) is 0 Å². The van der Waals surface area contributed by atoms with Gasteiger partial charge in [-0.3, -0.25) is 9.55 Å². The zero-order valence-electron chi connectivity index (χ0n) is 30.0. The molecule has 0 N–H and O–H groups in total. The summed E-state index contributed by atoms with van der Waals surface area (Å²) in [4.78, 5) is 9.92. The van der Waals surface area contributed by atoms with Crippen molar-refractivity contribution >= 4 is 72.0 Å². The fourth-order valence-electron chi connectivity index (χ4n) is 8.61. The molecule has 3 aromatic heterocycles. The van der Waals surface area contributed by atoms with Gasteiger partial charge in [-0.25, -0.2) is 4.99 Å². The molecular weight excluding hydrogens is 669 g/mol. The maximum absolute atomic E-state index is 5.10. The zero-order valence-corrected chi connectivity index (χ0v) is 30.0. The van der Waals surface area contributed by atoms with E-state index < -0.39 is 0 Å². The predicted octanol–water partition coefficient (Wildman–Crippen LogP) is 12.9. The first-order chi connectivity index (χ1) is 27.2. The van der Waals surface area contributed by atoms with E-state index in [1.807, 2.05) is 12.4 Å². The molecule has 4 heteroatoms. The maximum atomic E-state index is 5.10. The van der Waals surface area contributed by atoms with Crippen LogP contribution in [0.2, 0.25) is 0 Å². The molecule has 0 saturated heterocycles. The van der Waals surface area contributed by atoms with Crippen LogP contribution in [0, 0.1) is 0 Å². The number of rotatable bonds is 4. The van der Waals surface area contributed by atoms with Crippen molar-refractivity contribution in [2.45, 2.75) is 6.42 Å². The number of hydrogen-bond acceptors (Lipinski definition) is 2. The third-order valence-electron chi connectivity index (χ3n) is 11.2. The highest BCUT2D eigenvalue weighted by atomic mass is 15.1. The van der Waals surface area contributed by atoms with Crippen LogP contribution in [-0.4, -0.2) is 20.3 Å². The average Bonchev–Trinajstić information content (AvgIpc) is 3.77. The minimum Gasteiger partial charge on any atom is -0.309 e. The molecule has 0 unspecified atom stereocenters. The smallest absolute Gasteiger partial charge is 0.133 e. The Morgan fingerprint density at radius 2 is 1.11 bits per heavy atom. The molecule has 0 saturated carbocycles. The Bertz CT molecular complexity index is 3240. The molecule has 0 atom stereocenters. The van der Waals surface area contributed by atoms with Gasteiger partial charge in [0.1, 0.15) is 5.82 Å². The van der Waals surface area contributed by atoms with Crippen LogP contribution in [0.25, 0.3) is 93.7 Å². The van der Waals surface area contributed by atoms with Crippen molar-refractivity contribution in [1.82, 2.24) is 14.1 Å². The quantitative estimate of drug-likeness (QED) is 0.180. The first kappa shape index (κ1) is 31.2. The van der Waals surface area contributed by atoms with E-state index in [9.17, 15) is 0 Å². The summed E-state index contributed by atoms with van der Waals surface area (Å²) >= 11 is 0. The van der Waals surface area contributed by atoms with Crippen molar-refractivity contribution in [2.75, 3.05) is 0 Å². The molecule has 0 bridgehead atoms. The second-order valence-electron chi connectivity index (χ2n) is 14.3. The Labute approximate surface area is 318 Å². The van der Waals surface area contributed by atoms with Crippen LogP contribution in [0.3, 0.4) is 0 Å². The van der Waals surface area contributed by atoms with E-state index in [0.29, 0.717) is 6.42 Å². The number of nitrogens with zero attached hydrogens (tertiary/aromatic N) is 4. The van der Waals surface area contributed by atoms with E-state index in [4.69, 9.17) is 9.98 Å². The molecule has 1 aliphatic heterocycles. The number of fused-ring (bicyclic) bond motifs is 6. The highest BCUT2D eigenvalue weighted by molar-refractivity contribution is 6.17. The lowest BCUT2D eigenvalue weighted by Gasteiger charge is -2.11. The lowest BCUT2D eigenvalue weighted by molar-refractivity contribution is 1.10. The van der Waals surface area contributed by atoms with Gasteiger partial charge >= 0.3 is 0 Å². The molecule has 1 aliphatic rings. The number of para-hydroxylation sites is 2. The van der Waals surface area contributed by atoms with Gasteiger partial charge in [0.15, 0.2) is 0 Å². The van der Waals surface area contributed by atoms with Crippen molar-refractivity contribution in [2.24, 2.45) is 4.99 Å². The van der Waals surface area contributed by atoms with Gasteiger partial charge in [-0.2, -0.15) is 0 Å². The first-order valence-corrected chi connectivity index (χ1v) is 18.7. The highest BCUT2D eigenvalue weighted by Crippen LogP contribution is 2.39. The van der Waals surface area contributed by atoms with E-state index in [0.717, 1.165) is 44.8 Å². The van der Waals surface area contributed by atoms with Crippen molar-refractivity contribution < 1.29 is 0 Å². The topological polar surface area (TPSA) is 35.1 Å². The van der Waals surface area contributed by atoms with Gasteiger partial charge in [-0.1, -0.05) is 116 Å². The largest absolute Gasteiger partial charge is 0.309 e. The van der Waals surface area contributed by atoms with E-state index in [1.54, 1.807) is 0 Å². The third kappa shape index (κ3) is 4.99. The number of allylic oxidation sites excluding steroid dienone is 2. The van der Waals surface area contributed by atoms with Gasteiger partial charge in [-0.05, 0) is 99.4 Å². The Balaban J connectivity index is 1.05. The van der Waals surface area contributed by atoms with Crippen molar-refractivity contribution in [3.63, 3.8) is 0 Å². The summed E-state index contributed by atoms with van der Waals surface area (Å²) in [5.41, 5.74) is 13.5. The summed E-state index contributed by atoms with van der Waals surface area (Å²) in [6.07, 6.45) is 6.66. The second kappa shape index (κ2) is 12.4. The standard InChI is InChI=1S/C51H34N4/c1-33-32-53-50(26-23-45-51-35(27-28-52-45)13-10-18-40(33)51)55-47-20-8-6-17-42(47)44-31-38(22-25-49(44)55)37-21-24-48-43(30-37)41-16-5-7-19-46(41)54(48)39-15-9-14-36(29-39)34-11-3-2-4-12-34/h2-22,24-32H,1,23H2/b50-26+,53-32-. The normalized spacial score (nSPS) is 14.6. The monoisotopic (exact) mass is 702 g/mol. The molecule has 258 valence electrons. The average molecular weight is 703 g/mol. The van der Waals surface area contributed by atoms with Crippen LogP contribution in [0.1, 0.15) is 11.3 Å². The minimum absolute atomic E-state index is 0.657. The fraction of sp³-hybridized carbons (Fsp3) is 0.0196. The number of hydrogen-bond donors (Lipinski definition) is 0. The van der Waals surface area contributed by atoms with Crippen LogP contribution in [0.15, 0.2) is 188 Å². The van der Waals surface area contributed by atoms with Gasteiger partial charge in [0.05, 0.1) is 27.8 Å². The van der Waals surface area contributed by atoms with E-state index in [-0.39, 0.29) is 0 Å². The molecule has 0 radical (unpaired) electrons. The van der Waals surface area contributed by atoms with Crippen molar-refractivity contribution in [3.05, 3.63) is 194 Å². The van der Waals surface area contributed by atoms with Crippen LogP contribution in [0.5, 0.6) is 0 Å². The van der Waals surface area contributed by atoms with Gasteiger partial charge in [0, 0.05) is 51.5 Å². The second-order valence-corrected chi connectivity index (χ2v) is 14.3. The molecule has 0 aliphatic carbocycles. The van der Waals surface area contributed by atoms with Crippen LogP contribution in [-0.2, 0) is 6.42 Å². The highest BCUT2D eigenvalue weighted by Gasteiger charge is 2.18. The van der Waals surface area contributed by atoms with Gasteiger partial charge < -0.3 is 4.57 Å². The SMILES string of the molecule is C=C1/C=N\C(n2c3ccccc3c3cc(-c4ccc5c(c4)c4ccccc4n5-c4cccc(-c5ccccc5)c4)ccc32)=C/Cc2nccc3cccc1c23. The lowest BCUT2D eigenvalue weighted by atomic mass is 9.98. The summed E-state index contributed by atoms with van der Waals surface area (Å²) in [5.74, 6) is 0.859. The molecule has 11 rings (SSSR count). The Morgan fingerprint density at radius 3 is 1.87 bits per heavy atom. The minimum atomic E-state index is 0.657. The van der Waals surface area contributed by atoms with Gasteiger partial charge in [-0.15, -0.1) is 0 Å². The summed E-state index contributed by atoms with van der Waals surface area (Å²) in [6.45, 7) is 4.43. The van der Waals surface area contributed by atoms with E-state index in [1.165, 1.54) is 60.2 Å². The summed E-state index contributed by atoms with van der Waals surface area (Å²) in [5, 5.41) is 7.15. The summed E-state index contributed by atoms with van der Waals surface area (Å²) in [6, 6.07) is 59.0. The molecule has 4 nitrogen and oxygen atoms in total. The summed E-state index contributed by atoms with van der Waals surface area (Å²) < 4.78 is 4.68. The molecule has 0 amide bonds. The molecule has 4 heterocycles. The lowest BCUT2D eigenvalue weighted by Crippen LogP contribution is -1.97. The Kier molecular flexibility index (Phi) is 7.04. The number of benzene rings is 7. The Hall–Kier alpha value is -7.30. The Morgan fingerprint density at radius 1 is 0.491 bits per heavy atom. The molecule has 10 aromatic rings. The number of aromatic nitrogens is 3. The van der Waals surface area contributed by atoms with Crippen LogP contribution < -0.4 is 0 Å². The molecule has 0 fully saturated rings. The number of aliphatic imine (C=N–C) groups is 1. The van der Waals surface area contributed by atoms with Gasteiger partial charge in [0.2, 0.25) is 0 Å². The molecular formula is C51H34N4. The summed E-state index contributed by atoms with van der Waals surface area (Å²) in [7, 11) is 0. The first-order valence-electron chi connectivity index (χ1n) is 18.7. The van der Waals surface area contributed by atoms with E-state index >= 15 is 0 Å². The van der Waals surface area contributed by atoms with Crippen molar-refractivity contribution in [3.8, 4) is 27.9 Å². The zero-order chi connectivity index (χ0) is 36.5. The number of pyridine rings is 1. The predicted molar refractivity (Wildman–Crippen MR) is 232 cm³/mol. The third-order valence-corrected chi connectivity index (χ3v) is 11.2. The van der Waals surface area contributed by atoms with Crippen molar-refractivity contribution in [1.29, 1.82) is 0 Å². The fourth-order valence-corrected chi connectivity index (χ4v) is 8.61. The van der Waals surface area contributed by atoms with Crippen LogP contribution >= 0.6 is 0 Å². The van der Waals surface area contributed by atoms with Crippen LogP contribution in [0.4, 0.5) is 0 Å². The maximum Gasteiger partial charge on any atom is 0.133 e. The molecule has 55 heavy (non-hydrogen) atoms.